The third-order valence-corrected chi connectivity index (χ3v) is 5.07. The normalized spacial score (nSPS) is 11.5. The number of benzene rings is 1. The summed E-state index contributed by atoms with van der Waals surface area (Å²) in [5.41, 5.74) is 3.60. The minimum Gasteiger partial charge on any atom is -0.325 e. The highest BCUT2D eigenvalue weighted by Gasteiger charge is 2.20. The van der Waals surface area contributed by atoms with Crippen molar-refractivity contribution in [2.45, 2.75) is 20.3 Å². The molecule has 1 amide bonds. The van der Waals surface area contributed by atoms with Crippen LogP contribution >= 0.6 is 0 Å². The van der Waals surface area contributed by atoms with Crippen molar-refractivity contribution in [3.8, 4) is 22.6 Å². The molecule has 0 unspecified atom stereocenters. The zero-order chi connectivity index (χ0) is 22.2. The number of aromatic amines is 2. The van der Waals surface area contributed by atoms with Crippen LogP contribution in [0.15, 0.2) is 48.9 Å². The van der Waals surface area contributed by atoms with Gasteiger partial charge in [0.25, 0.3) is 0 Å². The second-order valence-corrected chi connectivity index (χ2v) is 7.99. The Balaban J connectivity index is 1.56. The molecule has 4 aromatic heterocycles. The summed E-state index contributed by atoms with van der Waals surface area (Å²) in [6.07, 6.45) is 5.16. The van der Waals surface area contributed by atoms with E-state index in [4.69, 9.17) is 0 Å². The highest BCUT2D eigenvalue weighted by atomic mass is 19.1. The smallest absolute Gasteiger partial charge is 0.224 e. The van der Waals surface area contributed by atoms with Gasteiger partial charge in [0.2, 0.25) is 5.91 Å². The van der Waals surface area contributed by atoms with Gasteiger partial charge in [0.15, 0.2) is 11.5 Å². The molecule has 0 fully saturated rings. The molecule has 8 nitrogen and oxygen atoms in total. The fraction of sp³-hybridized carbons (Fsp3) is 0.174. The predicted molar refractivity (Wildman–Crippen MR) is 120 cm³/mol. The molecule has 0 atom stereocenters. The topological polar surface area (TPSA) is 112 Å². The highest BCUT2D eigenvalue weighted by Crippen LogP contribution is 2.34. The molecule has 32 heavy (non-hydrogen) atoms. The highest BCUT2D eigenvalue weighted by molar-refractivity contribution is 5.96. The first-order valence-corrected chi connectivity index (χ1v) is 10.2. The summed E-state index contributed by atoms with van der Waals surface area (Å²) in [6, 6.07) is 8.74. The molecular weight excluding hydrogens is 409 g/mol. The first-order chi connectivity index (χ1) is 15.5. The van der Waals surface area contributed by atoms with Crippen LogP contribution in [0.25, 0.3) is 44.7 Å². The molecule has 5 aromatic rings. The van der Waals surface area contributed by atoms with Crippen LogP contribution in [0, 0.1) is 11.7 Å². The fourth-order valence-corrected chi connectivity index (χ4v) is 3.66. The lowest BCUT2D eigenvalue weighted by Crippen LogP contribution is -2.14. The third-order valence-electron chi connectivity index (χ3n) is 5.07. The summed E-state index contributed by atoms with van der Waals surface area (Å²) in [4.78, 5) is 28.1. The van der Waals surface area contributed by atoms with E-state index in [-0.39, 0.29) is 11.8 Å². The van der Waals surface area contributed by atoms with Gasteiger partial charge in [-0.1, -0.05) is 13.8 Å². The van der Waals surface area contributed by atoms with Crippen molar-refractivity contribution in [1.82, 2.24) is 30.1 Å². The maximum absolute atomic E-state index is 15.7. The fourth-order valence-electron chi connectivity index (χ4n) is 3.66. The second-order valence-electron chi connectivity index (χ2n) is 7.99. The molecule has 0 aliphatic rings. The first kappa shape index (κ1) is 19.8. The first-order valence-electron chi connectivity index (χ1n) is 10.2. The maximum atomic E-state index is 15.7. The van der Waals surface area contributed by atoms with E-state index in [2.05, 4.69) is 35.5 Å². The van der Waals surface area contributed by atoms with Crippen molar-refractivity contribution in [3.05, 3.63) is 54.7 Å². The molecule has 3 N–H and O–H groups in total. The molecule has 0 saturated heterocycles. The molecule has 0 radical (unpaired) electrons. The van der Waals surface area contributed by atoms with E-state index in [1.807, 2.05) is 19.9 Å². The molecule has 160 valence electrons. The lowest BCUT2D eigenvalue weighted by Gasteiger charge is -2.09. The van der Waals surface area contributed by atoms with E-state index in [0.717, 1.165) is 0 Å². The Labute approximate surface area is 182 Å². The lowest BCUT2D eigenvalue weighted by molar-refractivity contribution is -0.116. The van der Waals surface area contributed by atoms with E-state index in [0.29, 0.717) is 56.8 Å². The number of nitrogens with one attached hydrogen (secondary N) is 3. The van der Waals surface area contributed by atoms with Crippen molar-refractivity contribution in [1.29, 1.82) is 0 Å². The van der Waals surface area contributed by atoms with E-state index in [1.165, 1.54) is 0 Å². The van der Waals surface area contributed by atoms with Crippen LogP contribution in [0.3, 0.4) is 0 Å². The minimum atomic E-state index is -0.452. The van der Waals surface area contributed by atoms with Gasteiger partial charge in [0, 0.05) is 29.9 Å². The Bertz CT molecular complexity index is 1420. The average Bonchev–Trinajstić information content (AvgIpc) is 3.38. The number of anilines is 1. The monoisotopic (exact) mass is 429 g/mol. The van der Waals surface area contributed by atoms with Crippen LogP contribution in [0.4, 0.5) is 10.1 Å². The minimum absolute atomic E-state index is 0.106. The molecule has 0 spiro atoms. The van der Waals surface area contributed by atoms with Crippen molar-refractivity contribution in [3.63, 3.8) is 0 Å². The van der Waals surface area contributed by atoms with Crippen LogP contribution in [0.1, 0.15) is 20.3 Å². The summed E-state index contributed by atoms with van der Waals surface area (Å²) >= 11 is 0. The number of halogens is 1. The van der Waals surface area contributed by atoms with Gasteiger partial charge in [0.1, 0.15) is 17.0 Å². The summed E-state index contributed by atoms with van der Waals surface area (Å²) in [6.45, 7) is 3.94. The van der Waals surface area contributed by atoms with Crippen LogP contribution in [-0.4, -0.2) is 36.0 Å². The molecule has 4 heterocycles. The number of carbonyl (C=O) groups is 1. The SMILES string of the molecule is CC(C)CC(=O)Nc1cncc(-c2ccc3[nH]nc(-c4nc5cccnc5[nH]4)c3c2F)c1. The lowest BCUT2D eigenvalue weighted by atomic mass is 10.0. The van der Waals surface area contributed by atoms with Gasteiger partial charge in [-0.05, 0) is 36.2 Å². The maximum Gasteiger partial charge on any atom is 0.224 e. The molecule has 0 bridgehead atoms. The summed E-state index contributed by atoms with van der Waals surface area (Å²) in [5, 5.41) is 10.3. The van der Waals surface area contributed by atoms with Gasteiger partial charge in [-0.25, -0.2) is 14.4 Å². The van der Waals surface area contributed by atoms with Crippen LogP contribution in [0.5, 0.6) is 0 Å². The predicted octanol–water partition coefficient (Wildman–Crippen LogP) is 4.69. The number of nitrogens with zero attached hydrogens (tertiary/aromatic N) is 4. The number of hydrogen-bond donors (Lipinski definition) is 3. The van der Waals surface area contributed by atoms with E-state index in [1.54, 1.807) is 42.9 Å². The summed E-state index contributed by atoms with van der Waals surface area (Å²) in [5.74, 6) is 0.102. The Morgan fingerprint density at radius 1 is 1.22 bits per heavy atom. The Kier molecular flexibility index (Phi) is 4.85. The van der Waals surface area contributed by atoms with Gasteiger partial charge < -0.3 is 10.3 Å². The Hall–Kier alpha value is -4.14. The number of carbonyl (C=O) groups excluding carboxylic acids is 1. The third kappa shape index (κ3) is 3.58. The largest absolute Gasteiger partial charge is 0.325 e. The van der Waals surface area contributed by atoms with Crippen LogP contribution < -0.4 is 5.32 Å². The summed E-state index contributed by atoms with van der Waals surface area (Å²) in [7, 11) is 0. The Morgan fingerprint density at radius 2 is 2.09 bits per heavy atom. The molecule has 5 rings (SSSR count). The average molecular weight is 429 g/mol. The van der Waals surface area contributed by atoms with Crippen molar-refractivity contribution in [2.75, 3.05) is 5.32 Å². The van der Waals surface area contributed by atoms with Gasteiger partial charge >= 0.3 is 0 Å². The molecule has 0 aliphatic carbocycles. The Morgan fingerprint density at radius 3 is 2.91 bits per heavy atom. The van der Waals surface area contributed by atoms with Gasteiger partial charge in [-0.15, -0.1) is 0 Å². The number of amides is 1. The van der Waals surface area contributed by atoms with E-state index >= 15 is 4.39 Å². The van der Waals surface area contributed by atoms with Crippen LogP contribution in [-0.2, 0) is 4.79 Å². The quantitative estimate of drug-likeness (QED) is 0.375. The zero-order valence-corrected chi connectivity index (χ0v) is 17.5. The number of rotatable bonds is 5. The second kappa shape index (κ2) is 7.84. The van der Waals surface area contributed by atoms with Crippen molar-refractivity contribution >= 4 is 33.7 Å². The van der Waals surface area contributed by atoms with Gasteiger partial charge in [-0.2, -0.15) is 5.10 Å². The number of pyridine rings is 2. The van der Waals surface area contributed by atoms with E-state index < -0.39 is 5.82 Å². The molecular formula is C23H20FN7O. The van der Waals surface area contributed by atoms with E-state index in [9.17, 15) is 4.79 Å². The number of aromatic nitrogens is 6. The molecule has 0 aliphatic heterocycles. The van der Waals surface area contributed by atoms with Crippen molar-refractivity contribution in [2.24, 2.45) is 5.92 Å². The molecule has 1 aromatic carbocycles. The molecule has 9 heteroatoms. The standard InChI is InChI=1S/C23H20FN7O/c1-12(2)8-18(32)27-14-9-13(10-25-11-14)15-5-6-16-19(20(15)24)21(31-30-16)23-28-17-4-3-7-26-22(17)29-23/h3-7,9-12H,8H2,1-2H3,(H,27,32)(H,30,31)(H,26,28,29). The number of imidazole rings is 1. The number of fused-ring (bicyclic) bond motifs is 2. The number of hydrogen-bond acceptors (Lipinski definition) is 5. The molecule has 0 saturated carbocycles. The van der Waals surface area contributed by atoms with Gasteiger partial charge in [0.05, 0.1) is 22.8 Å². The van der Waals surface area contributed by atoms with Crippen molar-refractivity contribution < 1.29 is 9.18 Å². The zero-order valence-electron chi connectivity index (χ0n) is 17.5. The summed E-state index contributed by atoms with van der Waals surface area (Å²) < 4.78 is 15.7. The number of H-pyrrole nitrogens is 2. The van der Waals surface area contributed by atoms with Crippen LogP contribution in [0.2, 0.25) is 0 Å². The van der Waals surface area contributed by atoms with Gasteiger partial charge in [-0.3, -0.25) is 14.9 Å².